The molecule has 0 aliphatic heterocycles. The van der Waals surface area contributed by atoms with Crippen LogP contribution < -0.4 is 5.32 Å². The molecule has 1 heterocycles. The maximum Gasteiger partial charge on any atom is 0.0814 e. The molecule has 0 saturated carbocycles. The SMILES string of the molecule is CCCNC(CO)CCn1ncc(Cl)c1C. The Bertz CT molecular complexity index is 314. The van der Waals surface area contributed by atoms with E-state index in [1.54, 1.807) is 6.20 Å². The molecule has 0 radical (unpaired) electrons. The minimum absolute atomic E-state index is 0.141. The molecule has 1 unspecified atom stereocenters. The van der Waals surface area contributed by atoms with Crippen molar-refractivity contribution in [3.05, 3.63) is 16.9 Å². The average Bonchev–Trinajstić information content (AvgIpc) is 2.61. The van der Waals surface area contributed by atoms with Gasteiger partial charge < -0.3 is 10.4 Å². The lowest BCUT2D eigenvalue weighted by atomic mass is 10.2. The Hall–Kier alpha value is -0.580. The van der Waals surface area contributed by atoms with Crippen LogP contribution in [0.25, 0.3) is 0 Å². The first-order valence-electron chi connectivity index (χ1n) is 5.71. The van der Waals surface area contributed by atoms with Gasteiger partial charge in [0.25, 0.3) is 0 Å². The van der Waals surface area contributed by atoms with Crippen LogP contribution in [0.2, 0.25) is 5.02 Å². The first-order valence-corrected chi connectivity index (χ1v) is 6.09. The second-order valence-corrected chi connectivity index (χ2v) is 4.33. The van der Waals surface area contributed by atoms with Gasteiger partial charge in [0.1, 0.15) is 0 Å². The van der Waals surface area contributed by atoms with Crippen LogP contribution >= 0.6 is 11.6 Å². The van der Waals surface area contributed by atoms with Gasteiger partial charge in [-0.25, -0.2) is 0 Å². The fourth-order valence-electron chi connectivity index (χ4n) is 1.53. The molecule has 0 aliphatic carbocycles. The molecule has 0 fully saturated rings. The third kappa shape index (κ3) is 3.77. The van der Waals surface area contributed by atoms with Gasteiger partial charge in [-0.3, -0.25) is 4.68 Å². The molecule has 5 heteroatoms. The Morgan fingerprint density at radius 1 is 1.62 bits per heavy atom. The van der Waals surface area contributed by atoms with E-state index in [-0.39, 0.29) is 12.6 Å². The van der Waals surface area contributed by atoms with Crippen LogP contribution in [0.1, 0.15) is 25.5 Å². The highest BCUT2D eigenvalue weighted by Gasteiger charge is 2.08. The number of aliphatic hydroxyl groups is 1. The topological polar surface area (TPSA) is 50.1 Å². The molecular weight excluding hydrogens is 226 g/mol. The highest BCUT2D eigenvalue weighted by atomic mass is 35.5. The van der Waals surface area contributed by atoms with Crippen molar-refractivity contribution in [2.45, 2.75) is 39.3 Å². The molecule has 1 aromatic rings. The maximum absolute atomic E-state index is 9.19. The molecule has 1 aromatic heterocycles. The van der Waals surface area contributed by atoms with Crippen LogP contribution in [-0.2, 0) is 6.54 Å². The third-order valence-electron chi connectivity index (χ3n) is 2.64. The number of nitrogens with one attached hydrogen (secondary N) is 1. The molecule has 0 aliphatic rings. The summed E-state index contributed by atoms with van der Waals surface area (Å²) in [5.74, 6) is 0. The van der Waals surface area contributed by atoms with Crippen LogP contribution in [0.5, 0.6) is 0 Å². The molecule has 0 spiro atoms. The first kappa shape index (κ1) is 13.5. The number of rotatable bonds is 7. The van der Waals surface area contributed by atoms with Crippen molar-refractivity contribution in [1.29, 1.82) is 0 Å². The molecule has 0 saturated heterocycles. The van der Waals surface area contributed by atoms with E-state index in [2.05, 4.69) is 17.3 Å². The number of hydrogen-bond donors (Lipinski definition) is 2. The molecule has 2 N–H and O–H groups in total. The first-order chi connectivity index (χ1) is 7.69. The standard InChI is InChI=1S/C11H20ClN3O/c1-3-5-13-10(8-16)4-6-15-9(2)11(12)7-14-15/h7,10,13,16H,3-6,8H2,1-2H3. The van der Waals surface area contributed by atoms with E-state index in [9.17, 15) is 5.11 Å². The predicted octanol–water partition coefficient (Wildman–Crippen LogP) is 1.60. The Kier molecular flexibility index (Phi) is 5.80. The van der Waals surface area contributed by atoms with E-state index >= 15 is 0 Å². The lowest BCUT2D eigenvalue weighted by Crippen LogP contribution is -2.34. The molecule has 4 nitrogen and oxygen atoms in total. The maximum atomic E-state index is 9.19. The van der Waals surface area contributed by atoms with Crippen molar-refractivity contribution in [2.24, 2.45) is 0 Å². The van der Waals surface area contributed by atoms with E-state index < -0.39 is 0 Å². The van der Waals surface area contributed by atoms with Crippen molar-refractivity contribution in [3.63, 3.8) is 0 Å². The fraction of sp³-hybridized carbons (Fsp3) is 0.727. The normalized spacial score (nSPS) is 13.0. The van der Waals surface area contributed by atoms with Crippen molar-refractivity contribution in [2.75, 3.05) is 13.2 Å². The Morgan fingerprint density at radius 3 is 2.88 bits per heavy atom. The number of nitrogens with zero attached hydrogens (tertiary/aromatic N) is 2. The van der Waals surface area contributed by atoms with Gasteiger partial charge >= 0.3 is 0 Å². The van der Waals surface area contributed by atoms with E-state index in [0.29, 0.717) is 5.02 Å². The Balaban J connectivity index is 2.40. The highest BCUT2D eigenvalue weighted by Crippen LogP contribution is 2.13. The summed E-state index contributed by atoms with van der Waals surface area (Å²) in [6, 6.07) is 0.141. The third-order valence-corrected chi connectivity index (χ3v) is 3.01. The zero-order chi connectivity index (χ0) is 12.0. The quantitative estimate of drug-likeness (QED) is 0.767. The number of aliphatic hydroxyl groups excluding tert-OH is 1. The van der Waals surface area contributed by atoms with Gasteiger partial charge in [0.2, 0.25) is 0 Å². The van der Waals surface area contributed by atoms with E-state index in [1.807, 2.05) is 11.6 Å². The van der Waals surface area contributed by atoms with Gasteiger partial charge in [-0.1, -0.05) is 18.5 Å². The van der Waals surface area contributed by atoms with Gasteiger partial charge in [-0.05, 0) is 26.3 Å². The van der Waals surface area contributed by atoms with Gasteiger partial charge in [-0.15, -0.1) is 0 Å². The van der Waals surface area contributed by atoms with Crippen LogP contribution in [0, 0.1) is 6.92 Å². The van der Waals surface area contributed by atoms with Crippen molar-refractivity contribution < 1.29 is 5.11 Å². The molecule has 0 amide bonds. The van der Waals surface area contributed by atoms with E-state index in [1.165, 1.54) is 0 Å². The van der Waals surface area contributed by atoms with E-state index in [4.69, 9.17) is 11.6 Å². The molecule has 16 heavy (non-hydrogen) atoms. The van der Waals surface area contributed by atoms with Gasteiger partial charge in [0.05, 0.1) is 23.5 Å². The second kappa shape index (κ2) is 6.89. The molecule has 1 rings (SSSR count). The predicted molar refractivity (Wildman–Crippen MR) is 65.8 cm³/mol. The average molecular weight is 246 g/mol. The molecular formula is C11H20ClN3O. The largest absolute Gasteiger partial charge is 0.395 e. The summed E-state index contributed by atoms with van der Waals surface area (Å²) < 4.78 is 1.87. The zero-order valence-electron chi connectivity index (χ0n) is 9.91. The highest BCUT2D eigenvalue weighted by molar-refractivity contribution is 6.31. The molecule has 0 aromatic carbocycles. The summed E-state index contributed by atoms with van der Waals surface area (Å²) >= 11 is 5.91. The molecule has 92 valence electrons. The van der Waals surface area contributed by atoms with Crippen molar-refractivity contribution >= 4 is 11.6 Å². The second-order valence-electron chi connectivity index (χ2n) is 3.92. The Labute approximate surface area is 102 Å². The van der Waals surface area contributed by atoms with Crippen molar-refractivity contribution in [1.82, 2.24) is 15.1 Å². The summed E-state index contributed by atoms with van der Waals surface area (Å²) in [7, 11) is 0. The summed E-state index contributed by atoms with van der Waals surface area (Å²) in [6.07, 6.45) is 3.59. The lowest BCUT2D eigenvalue weighted by molar-refractivity contribution is 0.230. The van der Waals surface area contributed by atoms with Crippen LogP contribution in [0.15, 0.2) is 6.20 Å². The molecule has 0 bridgehead atoms. The van der Waals surface area contributed by atoms with Gasteiger partial charge in [-0.2, -0.15) is 5.10 Å². The smallest absolute Gasteiger partial charge is 0.0814 e. The van der Waals surface area contributed by atoms with Gasteiger partial charge in [0.15, 0.2) is 0 Å². The summed E-state index contributed by atoms with van der Waals surface area (Å²) in [5.41, 5.74) is 0.980. The minimum atomic E-state index is 0.141. The summed E-state index contributed by atoms with van der Waals surface area (Å²) in [5, 5.41) is 17.4. The summed E-state index contributed by atoms with van der Waals surface area (Å²) in [6.45, 7) is 5.93. The number of aromatic nitrogens is 2. The monoisotopic (exact) mass is 245 g/mol. The lowest BCUT2D eigenvalue weighted by Gasteiger charge is -2.16. The van der Waals surface area contributed by atoms with Gasteiger partial charge in [0, 0.05) is 12.6 Å². The minimum Gasteiger partial charge on any atom is -0.395 e. The summed E-state index contributed by atoms with van der Waals surface area (Å²) in [4.78, 5) is 0. The number of aryl methyl sites for hydroxylation is 1. The van der Waals surface area contributed by atoms with Crippen LogP contribution in [-0.4, -0.2) is 34.1 Å². The van der Waals surface area contributed by atoms with Crippen LogP contribution in [0.3, 0.4) is 0 Å². The fourth-order valence-corrected chi connectivity index (χ4v) is 1.67. The Morgan fingerprint density at radius 2 is 2.38 bits per heavy atom. The number of halogens is 1. The molecule has 1 atom stereocenters. The van der Waals surface area contributed by atoms with E-state index in [0.717, 1.165) is 31.6 Å². The van der Waals surface area contributed by atoms with Crippen LogP contribution in [0.4, 0.5) is 0 Å². The zero-order valence-corrected chi connectivity index (χ0v) is 10.7. The van der Waals surface area contributed by atoms with Crippen molar-refractivity contribution in [3.8, 4) is 0 Å². The number of hydrogen-bond acceptors (Lipinski definition) is 3.